The number of imide groups is 1. The Hall–Kier alpha value is -3.65. The Labute approximate surface area is 197 Å². The number of rotatable bonds is 8. The lowest BCUT2D eigenvalue weighted by atomic mass is 10.2. The molecule has 4 rings (SSSR count). The summed E-state index contributed by atoms with van der Waals surface area (Å²) in [6.45, 7) is 2.89. The van der Waals surface area contributed by atoms with Crippen LogP contribution in [0.3, 0.4) is 0 Å². The van der Waals surface area contributed by atoms with Crippen molar-refractivity contribution in [3.63, 3.8) is 0 Å². The van der Waals surface area contributed by atoms with Crippen LogP contribution in [0, 0.1) is 0 Å². The van der Waals surface area contributed by atoms with Crippen LogP contribution in [0.15, 0.2) is 77.4 Å². The van der Waals surface area contributed by atoms with Gasteiger partial charge < -0.3 is 19.4 Å². The lowest BCUT2D eigenvalue weighted by molar-refractivity contribution is -0.122. The molecule has 3 aromatic rings. The first-order valence-corrected chi connectivity index (χ1v) is 11.2. The highest BCUT2D eigenvalue weighted by Crippen LogP contribution is 2.29. The Morgan fingerprint density at radius 3 is 2.55 bits per heavy atom. The molecule has 1 N–H and O–H groups in total. The van der Waals surface area contributed by atoms with E-state index in [0.29, 0.717) is 28.9 Å². The fourth-order valence-electron chi connectivity index (χ4n) is 3.65. The highest BCUT2D eigenvalue weighted by atomic mass is 32.1. The van der Waals surface area contributed by atoms with Crippen LogP contribution in [-0.2, 0) is 16.1 Å². The number of furan rings is 1. The minimum atomic E-state index is -0.748. The molecule has 1 aliphatic heterocycles. The van der Waals surface area contributed by atoms with Gasteiger partial charge in [-0.25, -0.2) is 4.90 Å². The molecule has 0 unspecified atom stereocenters. The first-order chi connectivity index (χ1) is 16.1. The van der Waals surface area contributed by atoms with Gasteiger partial charge in [0.25, 0.3) is 5.91 Å². The van der Waals surface area contributed by atoms with Crippen molar-refractivity contribution in [1.29, 1.82) is 0 Å². The summed E-state index contributed by atoms with van der Waals surface area (Å²) in [6.07, 6.45) is 2.48. The molecule has 1 atom stereocenters. The molecule has 7 nitrogen and oxygen atoms in total. The maximum absolute atomic E-state index is 13.4. The summed E-state index contributed by atoms with van der Waals surface area (Å²) < 4.78 is 11.1. The number of nitrogens with one attached hydrogen (secondary N) is 1. The monoisotopic (exact) mass is 463 g/mol. The van der Waals surface area contributed by atoms with Crippen molar-refractivity contribution in [3.8, 4) is 5.75 Å². The molecule has 0 radical (unpaired) electrons. The van der Waals surface area contributed by atoms with Crippen molar-refractivity contribution in [3.05, 3.63) is 78.8 Å². The van der Waals surface area contributed by atoms with Crippen LogP contribution in [0.5, 0.6) is 5.75 Å². The Balaban J connectivity index is 1.56. The predicted octanol–water partition coefficient (Wildman–Crippen LogP) is 4.60. The van der Waals surface area contributed by atoms with Gasteiger partial charge in [-0.05, 0) is 67.2 Å². The van der Waals surface area contributed by atoms with Crippen molar-refractivity contribution in [2.24, 2.45) is 0 Å². The van der Waals surface area contributed by atoms with Crippen LogP contribution in [-0.4, -0.2) is 34.5 Å². The van der Waals surface area contributed by atoms with E-state index >= 15 is 0 Å². The molecular weight excluding hydrogens is 438 g/mol. The maximum Gasteiger partial charge on any atom is 0.257 e. The van der Waals surface area contributed by atoms with Gasteiger partial charge in [-0.2, -0.15) is 0 Å². The molecule has 170 valence electrons. The van der Waals surface area contributed by atoms with E-state index in [9.17, 15) is 9.59 Å². The van der Waals surface area contributed by atoms with E-state index in [1.807, 2.05) is 43.3 Å². The van der Waals surface area contributed by atoms with Crippen molar-refractivity contribution in [2.75, 3.05) is 16.8 Å². The van der Waals surface area contributed by atoms with Gasteiger partial charge in [-0.3, -0.25) is 9.59 Å². The third kappa shape index (κ3) is 5.23. The zero-order chi connectivity index (χ0) is 23.2. The molecule has 2 aromatic carbocycles. The Kier molecular flexibility index (Phi) is 7.04. The molecule has 1 aromatic heterocycles. The van der Waals surface area contributed by atoms with E-state index in [1.165, 1.54) is 4.90 Å². The van der Waals surface area contributed by atoms with E-state index in [0.717, 1.165) is 12.1 Å². The number of ether oxygens (including phenoxy) is 1. The molecule has 1 saturated heterocycles. The normalized spacial score (nSPS) is 15.5. The second-order valence-corrected chi connectivity index (χ2v) is 8.02. The number of para-hydroxylation sites is 1. The molecule has 1 fully saturated rings. The molecule has 0 bridgehead atoms. The maximum atomic E-state index is 13.4. The van der Waals surface area contributed by atoms with Crippen LogP contribution in [0.1, 0.15) is 25.5 Å². The highest BCUT2D eigenvalue weighted by Gasteiger charge is 2.44. The van der Waals surface area contributed by atoms with Gasteiger partial charge in [0.15, 0.2) is 5.11 Å². The first-order valence-electron chi connectivity index (χ1n) is 10.8. The fraction of sp³-hybridized carbons (Fsp3) is 0.240. The SMILES string of the molecule is CCCOc1ccc(N2C(=O)C[C@@H](N(Cc3ccco3)C(=S)Nc3ccccc3)C2=O)cc1. The topological polar surface area (TPSA) is 75.0 Å². The van der Waals surface area contributed by atoms with E-state index in [1.54, 1.807) is 41.5 Å². The minimum Gasteiger partial charge on any atom is -0.494 e. The van der Waals surface area contributed by atoms with Crippen molar-refractivity contribution in [2.45, 2.75) is 32.4 Å². The van der Waals surface area contributed by atoms with Crippen LogP contribution >= 0.6 is 12.2 Å². The van der Waals surface area contributed by atoms with Gasteiger partial charge >= 0.3 is 0 Å². The molecular formula is C25H25N3O4S. The minimum absolute atomic E-state index is 0.0181. The summed E-state index contributed by atoms with van der Waals surface area (Å²) in [7, 11) is 0. The quantitative estimate of drug-likeness (QED) is 0.387. The summed E-state index contributed by atoms with van der Waals surface area (Å²) >= 11 is 5.65. The first kappa shape index (κ1) is 22.5. The van der Waals surface area contributed by atoms with Crippen molar-refractivity contribution < 1.29 is 18.7 Å². The predicted molar refractivity (Wildman–Crippen MR) is 130 cm³/mol. The number of carbonyl (C=O) groups is 2. The van der Waals surface area contributed by atoms with Crippen molar-refractivity contribution in [1.82, 2.24) is 4.90 Å². The number of nitrogens with zero attached hydrogens (tertiary/aromatic N) is 2. The van der Waals surface area contributed by atoms with Crippen LogP contribution in [0.4, 0.5) is 11.4 Å². The summed E-state index contributed by atoms with van der Waals surface area (Å²) in [5.41, 5.74) is 1.31. The second-order valence-electron chi connectivity index (χ2n) is 7.63. The molecule has 2 amide bonds. The Morgan fingerprint density at radius 2 is 1.88 bits per heavy atom. The Morgan fingerprint density at radius 1 is 1.12 bits per heavy atom. The summed E-state index contributed by atoms with van der Waals surface area (Å²) in [4.78, 5) is 29.2. The van der Waals surface area contributed by atoms with Crippen molar-refractivity contribution >= 4 is 40.5 Å². The standard InChI is InChI=1S/C25H25N3O4S/c1-2-14-31-20-12-10-19(11-13-20)28-23(29)16-22(24(28)30)27(17-21-9-6-15-32-21)25(33)26-18-7-4-3-5-8-18/h3-13,15,22H,2,14,16-17H2,1H3,(H,26,33)/t22-/m1/s1. The van der Waals surface area contributed by atoms with Crippen LogP contribution in [0.25, 0.3) is 0 Å². The summed E-state index contributed by atoms with van der Waals surface area (Å²) in [5, 5.41) is 3.51. The van der Waals surface area contributed by atoms with E-state index < -0.39 is 6.04 Å². The number of hydrogen-bond donors (Lipinski definition) is 1. The lowest BCUT2D eigenvalue weighted by Crippen LogP contribution is -2.46. The van der Waals surface area contributed by atoms with E-state index in [-0.39, 0.29) is 24.8 Å². The van der Waals surface area contributed by atoms with Gasteiger partial charge in [-0.1, -0.05) is 25.1 Å². The van der Waals surface area contributed by atoms with Gasteiger partial charge in [-0.15, -0.1) is 0 Å². The van der Waals surface area contributed by atoms with Gasteiger partial charge in [0, 0.05) is 5.69 Å². The molecule has 0 spiro atoms. The number of hydrogen-bond acceptors (Lipinski definition) is 5. The molecule has 1 aliphatic rings. The van der Waals surface area contributed by atoms with E-state index in [4.69, 9.17) is 21.4 Å². The molecule has 0 aliphatic carbocycles. The molecule has 33 heavy (non-hydrogen) atoms. The zero-order valence-corrected chi connectivity index (χ0v) is 19.1. The van der Waals surface area contributed by atoms with Gasteiger partial charge in [0.1, 0.15) is 17.6 Å². The zero-order valence-electron chi connectivity index (χ0n) is 18.3. The third-order valence-corrected chi connectivity index (χ3v) is 5.60. The average molecular weight is 464 g/mol. The Bertz CT molecular complexity index is 1100. The summed E-state index contributed by atoms with van der Waals surface area (Å²) in [5.74, 6) is 0.734. The van der Waals surface area contributed by atoms with Crippen LogP contribution < -0.4 is 15.0 Å². The highest BCUT2D eigenvalue weighted by molar-refractivity contribution is 7.80. The van der Waals surface area contributed by atoms with Gasteiger partial charge in [0.05, 0.1) is 31.5 Å². The molecule has 2 heterocycles. The molecule has 0 saturated carbocycles. The average Bonchev–Trinajstić information content (AvgIpc) is 3.44. The molecule has 8 heteroatoms. The van der Waals surface area contributed by atoms with Gasteiger partial charge in [0.2, 0.25) is 5.91 Å². The van der Waals surface area contributed by atoms with E-state index in [2.05, 4.69) is 5.32 Å². The number of thiocarbonyl (C=S) groups is 1. The number of benzene rings is 2. The number of anilines is 2. The number of amides is 2. The second kappa shape index (κ2) is 10.3. The largest absolute Gasteiger partial charge is 0.494 e. The third-order valence-electron chi connectivity index (χ3n) is 5.26. The number of carbonyl (C=O) groups excluding carboxylic acids is 2. The summed E-state index contributed by atoms with van der Waals surface area (Å²) in [6, 6.07) is 19.3. The fourth-order valence-corrected chi connectivity index (χ4v) is 3.96. The lowest BCUT2D eigenvalue weighted by Gasteiger charge is -2.29. The van der Waals surface area contributed by atoms with Crippen LogP contribution in [0.2, 0.25) is 0 Å². The smallest absolute Gasteiger partial charge is 0.257 e.